The second-order valence-corrected chi connectivity index (χ2v) is 4.82. The van der Waals surface area contributed by atoms with Crippen LogP contribution in [0.5, 0.6) is 11.6 Å². The van der Waals surface area contributed by atoms with E-state index in [1.165, 1.54) is 24.3 Å². The molecule has 0 atom stereocenters. The average molecular weight is 355 g/mol. The molecule has 1 aromatic carbocycles. The zero-order valence-electron chi connectivity index (χ0n) is 13.3. The summed E-state index contributed by atoms with van der Waals surface area (Å²) in [6, 6.07) is 7.51. The Hall–Kier alpha value is -2.84. The lowest BCUT2D eigenvalue weighted by molar-refractivity contribution is -0.137. The van der Waals surface area contributed by atoms with Gasteiger partial charge in [0.25, 0.3) is 5.91 Å². The van der Waals surface area contributed by atoms with Crippen molar-refractivity contribution in [2.75, 3.05) is 19.8 Å². The Morgan fingerprint density at radius 1 is 1.16 bits per heavy atom. The highest BCUT2D eigenvalue weighted by Gasteiger charge is 2.30. The molecule has 1 heterocycles. The highest BCUT2D eigenvalue weighted by atomic mass is 19.4. The van der Waals surface area contributed by atoms with Crippen molar-refractivity contribution < 1.29 is 27.4 Å². The van der Waals surface area contributed by atoms with Gasteiger partial charge in [-0.2, -0.15) is 13.2 Å². The Labute approximate surface area is 142 Å². The van der Waals surface area contributed by atoms with Gasteiger partial charge in [0.1, 0.15) is 12.4 Å². The molecule has 0 saturated carbocycles. The number of carbonyl (C=O) groups is 1. The number of amides is 1. The summed E-state index contributed by atoms with van der Waals surface area (Å²) in [6.45, 7) is 2.35. The molecule has 2 aromatic rings. The normalized spacial score (nSPS) is 11.0. The molecule has 0 aliphatic heterocycles. The van der Waals surface area contributed by atoms with Crippen LogP contribution in [-0.4, -0.2) is 35.9 Å². The molecule has 25 heavy (non-hydrogen) atoms. The molecule has 1 amide bonds. The zero-order chi connectivity index (χ0) is 18.3. The van der Waals surface area contributed by atoms with Crippen LogP contribution in [0.4, 0.5) is 13.2 Å². The summed E-state index contributed by atoms with van der Waals surface area (Å²) in [5.41, 5.74) is -0.693. The number of alkyl halides is 3. The third-order valence-electron chi connectivity index (χ3n) is 2.98. The van der Waals surface area contributed by atoms with Crippen LogP contribution in [0.3, 0.4) is 0 Å². The molecule has 0 aliphatic rings. The Bertz CT molecular complexity index is 706. The Morgan fingerprint density at radius 3 is 2.60 bits per heavy atom. The van der Waals surface area contributed by atoms with Gasteiger partial charge in [0, 0.05) is 6.07 Å². The topological polar surface area (TPSA) is 73.3 Å². The third kappa shape index (κ3) is 5.63. The fourth-order valence-electron chi connectivity index (χ4n) is 1.85. The summed E-state index contributed by atoms with van der Waals surface area (Å²) in [4.78, 5) is 11.9. The van der Waals surface area contributed by atoms with Crippen LogP contribution in [0.1, 0.15) is 23.0 Å². The van der Waals surface area contributed by atoms with E-state index in [1.807, 2.05) is 0 Å². The van der Waals surface area contributed by atoms with Gasteiger partial charge in [-0.15, -0.1) is 10.2 Å². The minimum absolute atomic E-state index is 0.0114. The summed E-state index contributed by atoms with van der Waals surface area (Å²) in [5, 5.41) is 9.98. The molecule has 0 bridgehead atoms. The number of aromatic nitrogens is 2. The molecule has 0 aliphatic carbocycles. The van der Waals surface area contributed by atoms with E-state index in [0.29, 0.717) is 12.5 Å². The van der Waals surface area contributed by atoms with Gasteiger partial charge in [0.15, 0.2) is 5.69 Å². The smallest absolute Gasteiger partial charge is 0.416 e. The number of nitrogens with zero attached hydrogens (tertiary/aromatic N) is 2. The lowest BCUT2D eigenvalue weighted by atomic mass is 10.2. The SMILES string of the molecule is CCOc1ccc(C(=O)NCCOc2cccc(C(F)(F)F)c2)nn1. The second-order valence-electron chi connectivity index (χ2n) is 4.82. The van der Waals surface area contributed by atoms with Crippen molar-refractivity contribution in [1.82, 2.24) is 15.5 Å². The van der Waals surface area contributed by atoms with Crippen molar-refractivity contribution in [1.29, 1.82) is 0 Å². The second kappa shape index (κ2) is 8.32. The number of benzene rings is 1. The molecule has 0 spiro atoms. The molecule has 134 valence electrons. The van der Waals surface area contributed by atoms with Gasteiger partial charge in [0.05, 0.1) is 18.7 Å². The molecule has 0 unspecified atom stereocenters. The van der Waals surface area contributed by atoms with Gasteiger partial charge in [-0.3, -0.25) is 4.79 Å². The summed E-state index contributed by atoms with van der Waals surface area (Å²) >= 11 is 0. The molecule has 1 N–H and O–H groups in total. The molecular weight excluding hydrogens is 339 g/mol. The van der Waals surface area contributed by atoms with Crippen LogP contribution < -0.4 is 14.8 Å². The summed E-state index contributed by atoms with van der Waals surface area (Å²) in [5.74, 6) is -0.0833. The predicted octanol–water partition coefficient (Wildman–Crippen LogP) is 2.70. The molecular formula is C16H16F3N3O3. The monoisotopic (exact) mass is 355 g/mol. The Balaban J connectivity index is 1.80. The van der Waals surface area contributed by atoms with Gasteiger partial charge in [-0.05, 0) is 31.2 Å². The number of ether oxygens (including phenoxy) is 2. The van der Waals surface area contributed by atoms with Crippen LogP contribution in [0.25, 0.3) is 0 Å². The maximum atomic E-state index is 12.6. The van der Waals surface area contributed by atoms with E-state index in [9.17, 15) is 18.0 Å². The van der Waals surface area contributed by atoms with Gasteiger partial charge in [-0.1, -0.05) is 6.07 Å². The van der Waals surface area contributed by atoms with Gasteiger partial charge < -0.3 is 14.8 Å². The Morgan fingerprint density at radius 2 is 1.96 bits per heavy atom. The van der Waals surface area contributed by atoms with E-state index < -0.39 is 17.6 Å². The maximum Gasteiger partial charge on any atom is 0.416 e. The molecule has 0 radical (unpaired) electrons. The highest BCUT2D eigenvalue weighted by molar-refractivity contribution is 5.92. The lowest BCUT2D eigenvalue weighted by Crippen LogP contribution is -2.29. The first-order chi connectivity index (χ1) is 11.9. The number of hydrogen-bond donors (Lipinski definition) is 1. The van der Waals surface area contributed by atoms with E-state index in [4.69, 9.17) is 9.47 Å². The first kappa shape index (κ1) is 18.5. The first-order valence-electron chi connectivity index (χ1n) is 7.45. The van der Waals surface area contributed by atoms with Crippen molar-refractivity contribution in [3.63, 3.8) is 0 Å². The predicted molar refractivity (Wildman–Crippen MR) is 82.5 cm³/mol. The highest BCUT2D eigenvalue weighted by Crippen LogP contribution is 2.31. The van der Waals surface area contributed by atoms with E-state index in [2.05, 4.69) is 15.5 Å². The summed E-state index contributed by atoms with van der Waals surface area (Å²) in [6.07, 6.45) is -4.43. The molecule has 2 rings (SSSR count). The quantitative estimate of drug-likeness (QED) is 0.773. The minimum atomic E-state index is -4.43. The number of halogens is 3. The number of rotatable bonds is 7. The van der Waals surface area contributed by atoms with Crippen molar-refractivity contribution in [3.8, 4) is 11.6 Å². The van der Waals surface area contributed by atoms with Crippen LogP contribution in [0, 0.1) is 0 Å². The molecule has 0 fully saturated rings. The van der Waals surface area contributed by atoms with E-state index in [1.54, 1.807) is 6.92 Å². The van der Waals surface area contributed by atoms with E-state index in [-0.39, 0.29) is 24.6 Å². The molecule has 6 nitrogen and oxygen atoms in total. The van der Waals surface area contributed by atoms with E-state index >= 15 is 0 Å². The largest absolute Gasteiger partial charge is 0.492 e. The average Bonchev–Trinajstić information content (AvgIpc) is 2.59. The van der Waals surface area contributed by atoms with Crippen molar-refractivity contribution >= 4 is 5.91 Å². The fraction of sp³-hybridized carbons (Fsp3) is 0.312. The fourth-order valence-corrected chi connectivity index (χ4v) is 1.85. The first-order valence-corrected chi connectivity index (χ1v) is 7.45. The standard InChI is InChI=1S/C16H16F3N3O3/c1-2-24-14-7-6-13(21-22-14)15(23)20-8-9-25-12-5-3-4-11(10-12)16(17,18)19/h3-7,10H,2,8-9H2,1H3,(H,20,23). The third-order valence-corrected chi connectivity index (χ3v) is 2.98. The van der Waals surface area contributed by atoms with Gasteiger partial charge in [-0.25, -0.2) is 0 Å². The minimum Gasteiger partial charge on any atom is -0.492 e. The number of carbonyl (C=O) groups excluding carboxylic acids is 1. The van der Waals surface area contributed by atoms with Gasteiger partial charge >= 0.3 is 6.18 Å². The van der Waals surface area contributed by atoms with E-state index in [0.717, 1.165) is 12.1 Å². The number of hydrogen-bond acceptors (Lipinski definition) is 5. The van der Waals surface area contributed by atoms with Crippen LogP contribution in [0.2, 0.25) is 0 Å². The number of nitrogens with one attached hydrogen (secondary N) is 1. The van der Waals surface area contributed by atoms with Crippen LogP contribution in [-0.2, 0) is 6.18 Å². The van der Waals surface area contributed by atoms with Gasteiger partial charge in [0.2, 0.25) is 5.88 Å². The Kier molecular flexibility index (Phi) is 6.15. The zero-order valence-corrected chi connectivity index (χ0v) is 13.3. The summed E-state index contributed by atoms with van der Waals surface area (Å²) in [7, 11) is 0. The van der Waals surface area contributed by atoms with Crippen LogP contribution >= 0.6 is 0 Å². The lowest BCUT2D eigenvalue weighted by Gasteiger charge is -2.10. The summed E-state index contributed by atoms with van der Waals surface area (Å²) < 4.78 is 48.1. The molecule has 1 aromatic heterocycles. The van der Waals surface area contributed by atoms with Crippen molar-refractivity contribution in [3.05, 3.63) is 47.7 Å². The molecule has 9 heteroatoms. The van der Waals surface area contributed by atoms with Crippen molar-refractivity contribution in [2.45, 2.75) is 13.1 Å². The van der Waals surface area contributed by atoms with Crippen LogP contribution in [0.15, 0.2) is 36.4 Å². The molecule has 0 saturated heterocycles. The maximum absolute atomic E-state index is 12.6. The van der Waals surface area contributed by atoms with Crippen molar-refractivity contribution in [2.24, 2.45) is 0 Å².